The number of benzene rings is 1. The SMILES string of the molecule is CC(=O)NCCNC(=O)CCC(=O)NC1CNCCC1c1ccc(F)c(F)c1. The van der Waals surface area contributed by atoms with Crippen LogP contribution < -0.4 is 21.3 Å². The van der Waals surface area contributed by atoms with E-state index in [0.29, 0.717) is 38.2 Å². The molecule has 4 N–H and O–H groups in total. The van der Waals surface area contributed by atoms with Crippen molar-refractivity contribution in [3.8, 4) is 0 Å². The monoisotopic (exact) mass is 396 g/mol. The maximum atomic E-state index is 13.6. The first-order valence-electron chi connectivity index (χ1n) is 9.33. The van der Waals surface area contributed by atoms with Gasteiger partial charge in [-0.25, -0.2) is 8.78 Å². The third-order valence-electron chi connectivity index (χ3n) is 4.60. The molecule has 1 aromatic carbocycles. The Morgan fingerprint density at radius 2 is 1.79 bits per heavy atom. The molecule has 0 aromatic heterocycles. The van der Waals surface area contributed by atoms with Gasteiger partial charge in [-0.05, 0) is 30.7 Å². The summed E-state index contributed by atoms with van der Waals surface area (Å²) in [4.78, 5) is 34.7. The summed E-state index contributed by atoms with van der Waals surface area (Å²) in [6.07, 6.45) is 0.731. The minimum atomic E-state index is -0.906. The van der Waals surface area contributed by atoms with E-state index in [0.717, 1.165) is 6.07 Å². The summed E-state index contributed by atoms with van der Waals surface area (Å²) in [7, 11) is 0. The zero-order chi connectivity index (χ0) is 20.5. The first kappa shape index (κ1) is 21.7. The fourth-order valence-corrected chi connectivity index (χ4v) is 3.19. The molecule has 0 saturated carbocycles. The van der Waals surface area contributed by atoms with Gasteiger partial charge in [0.25, 0.3) is 0 Å². The van der Waals surface area contributed by atoms with E-state index in [4.69, 9.17) is 0 Å². The van der Waals surface area contributed by atoms with Crippen molar-refractivity contribution in [2.24, 2.45) is 0 Å². The summed E-state index contributed by atoms with van der Waals surface area (Å²) in [5, 5.41) is 11.2. The number of hydrogen-bond acceptors (Lipinski definition) is 4. The number of halogens is 2. The van der Waals surface area contributed by atoms with Crippen LogP contribution in [0.2, 0.25) is 0 Å². The van der Waals surface area contributed by atoms with Crippen LogP contribution >= 0.6 is 0 Å². The Hall–Kier alpha value is -2.55. The fraction of sp³-hybridized carbons (Fsp3) is 0.526. The highest BCUT2D eigenvalue weighted by molar-refractivity contribution is 5.84. The standard InChI is InChI=1S/C19H26F2N4O3/c1-12(26)23-8-9-24-18(27)4-5-19(28)25-17-11-22-7-6-14(17)13-2-3-15(20)16(21)10-13/h2-3,10,14,17,22H,4-9,11H2,1H3,(H,23,26)(H,24,27)(H,25,28). The molecule has 9 heteroatoms. The summed E-state index contributed by atoms with van der Waals surface area (Å²) < 4.78 is 26.7. The van der Waals surface area contributed by atoms with E-state index in [-0.39, 0.29) is 42.5 Å². The predicted octanol–water partition coefficient (Wildman–Crippen LogP) is 0.559. The van der Waals surface area contributed by atoms with Gasteiger partial charge in [0, 0.05) is 51.4 Å². The zero-order valence-electron chi connectivity index (χ0n) is 15.8. The maximum absolute atomic E-state index is 13.6. The molecule has 28 heavy (non-hydrogen) atoms. The highest BCUT2D eigenvalue weighted by atomic mass is 19.2. The molecular weight excluding hydrogens is 370 g/mol. The molecule has 2 atom stereocenters. The second-order valence-electron chi connectivity index (χ2n) is 6.78. The van der Waals surface area contributed by atoms with E-state index in [2.05, 4.69) is 21.3 Å². The average molecular weight is 396 g/mol. The van der Waals surface area contributed by atoms with Gasteiger partial charge in [0.15, 0.2) is 11.6 Å². The summed E-state index contributed by atoms with van der Waals surface area (Å²) in [6, 6.07) is 3.54. The lowest BCUT2D eigenvalue weighted by atomic mass is 9.86. The van der Waals surface area contributed by atoms with Gasteiger partial charge in [-0.15, -0.1) is 0 Å². The van der Waals surface area contributed by atoms with Crippen molar-refractivity contribution in [1.29, 1.82) is 0 Å². The Bertz CT molecular complexity index is 714. The second kappa shape index (κ2) is 10.7. The van der Waals surface area contributed by atoms with Crippen LogP contribution in [0.25, 0.3) is 0 Å². The first-order valence-corrected chi connectivity index (χ1v) is 9.33. The van der Waals surface area contributed by atoms with Crippen molar-refractivity contribution < 1.29 is 23.2 Å². The molecule has 7 nitrogen and oxygen atoms in total. The Kier molecular flexibility index (Phi) is 8.31. The number of carbonyl (C=O) groups excluding carboxylic acids is 3. The van der Waals surface area contributed by atoms with E-state index >= 15 is 0 Å². The van der Waals surface area contributed by atoms with Crippen LogP contribution in [0.4, 0.5) is 8.78 Å². The van der Waals surface area contributed by atoms with Crippen molar-refractivity contribution in [3.05, 3.63) is 35.4 Å². The third-order valence-corrected chi connectivity index (χ3v) is 4.60. The maximum Gasteiger partial charge on any atom is 0.220 e. The average Bonchev–Trinajstić information content (AvgIpc) is 2.66. The summed E-state index contributed by atoms with van der Waals surface area (Å²) >= 11 is 0. The zero-order valence-corrected chi connectivity index (χ0v) is 15.8. The topological polar surface area (TPSA) is 99.3 Å². The fourth-order valence-electron chi connectivity index (χ4n) is 3.19. The van der Waals surface area contributed by atoms with Crippen LogP contribution in [0.15, 0.2) is 18.2 Å². The van der Waals surface area contributed by atoms with Crippen LogP contribution in [0.3, 0.4) is 0 Å². The Morgan fingerprint density at radius 1 is 1.07 bits per heavy atom. The van der Waals surface area contributed by atoms with E-state index in [1.165, 1.54) is 19.1 Å². The van der Waals surface area contributed by atoms with Gasteiger partial charge >= 0.3 is 0 Å². The van der Waals surface area contributed by atoms with Gasteiger partial charge in [-0.3, -0.25) is 14.4 Å². The van der Waals surface area contributed by atoms with Gasteiger partial charge in [0.05, 0.1) is 0 Å². The number of hydrogen-bond donors (Lipinski definition) is 4. The lowest BCUT2D eigenvalue weighted by molar-refractivity contribution is -0.127. The molecule has 1 fully saturated rings. The van der Waals surface area contributed by atoms with Crippen molar-refractivity contribution in [2.75, 3.05) is 26.2 Å². The molecule has 1 heterocycles. The second-order valence-corrected chi connectivity index (χ2v) is 6.78. The van der Waals surface area contributed by atoms with Gasteiger partial charge in [-0.1, -0.05) is 6.07 Å². The van der Waals surface area contributed by atoms with Gasteiger partial charge in [-0.2, -0.15) is 0 Å². The minimum Gasteiger partial charge on any atom is -0.355 e. The number of piperidine rings is 1. The number of carbonyl (C=O) groups is 3. The normalized spacial score (nSPS) is 19.0. The Balaban J connectivity index is 1.81. The molecule has 2 rings (SSSR count). The summed E-state index contributed by atoms with van der Waals surface area (Å²) in [6.45, 7) is 3.24. The Morgan fingerprint density at radius 3 is 2.50 bits per heavy atom. The lowest BCUT2D eigenvalue weighted by Crippen LogP contribution is -2.50. The van der Waals surface area contributed by atoms with E-state index in [9.17, 15) is 23.2 Å². The number of nitrogens with one attached hydrogen (secondary N) is 4. The molecule has 0 bridgehead atoms. The van der Waals surface area contributed by atoms with Crippen LogP contribution in [0.5, 0.6) is 0 Å². The summed E-state index contributed by atoms with van der Waals surface area (Å²) in [5.74, 6) is -2.67. The van der Waals surface area contributed by atoms with Crippen molar-refractivity contribution >= 4 is 17.7 Å². The molecule has 1 aromatic rings. The Labute approximate surface area is 162 Å². The van der Waals surface area contributed by atoms with Crippen molar-refractivity contribution in [3.63, 3.8) is 0 Å². The van der Waals surface area contributed by atoms with Gasteiger partial charge in [0.2, 0.25) is 17.7 Å². The molecule has 154 valence electrons. The highest BCUT2D eigenvalue weighted by Crippen LogP contribution is 2.27. The quantitative estimate of drug-likeness (QED) is 0.483. The molecule has 1 aliphatic heterocycles. The van der Waals surface area contributed by atoms with E-state index < -0.39 is 11.6 Å². The predicted molar refractivity (Wildman–Crippen MR) is 99.4 cm³/mol. The summed E-state index contributed by atoms with van der Waals surface area (Å²) in [5.41, 5.74) is 0.640. The van der Waals surface area contributed by atoms with Crippen LogP contribution in [0.1, 0.15) is 37.7 Å². The molecule has 3 amide bonds. The highest BCUT2D eigenvalue weighted by Gasteiger charge is 2.28. The molecule has 0 radical (unpaired) electrons. The van der Waals surface area contributed by atoms with Crippen LogP contribution in [0, 0.1) is 11.6 Å². The third kappa shape index (κ3) is 6.88. The molecule has 1 aliphatic rings. The van der Waals surface area contributed by atoms with Gasteiger partial charge in [0.1, 0.15) is 0 Å². The largest absolute Gasteiger partial charge is 0.355 e. The number of rotatable bonds is 8. The van der Waals surface area contributed by atoms with E-state index in [1.54, 1.807) is 0 Å². The molecule has 0 aliphatic carbocycles. The lowest BCUT2D eigenvalue weighted by Gasteiger charge is -2.33. The molecule has 2 unspecified atom stereocenters. The van der Waals surface area contributed by atoms with Crippen molar-refractivity contribution in [2.45, 2.75) is 38.1 Å². The molecule has 0 spiro atoms. The molecule has 1 saturated heterocycles. The van der Waals surface area contributed by atoms with Crippen LogP contribution in [-0.4, -0.2) is 49.9 Å². The van der Waals surface area contributed by atoms with Crippen molar-refractivity contribution in [1.82, 2.24) is 21.3 Å². The number of amides is 3. The van der Waals surface area contributed by atoms with Gasteiger partial charge < -0.3 is 21.3 Å². The van der Waals surface area contributed by atoms with Crippen LogP contribution in [-0.2, 0) is 14.4 Å². The smallest absolute Gasteiger partial charge is 0.220 e. The minimum absolute atomic E-state index is 0.0208. The first-order chi connectivity index (χ1) is 13.4. The molecular formula is C19H26F2N4O3. The van der Waals surface area contributed by atoms with E-state index in [1.807, 2.05) is 0 Å².